The van der Waals surface area contributed by atoms with Crippen LogP contribution in [0.1, 0.15) is 34.8 Å². The number of benzene rings is 1. The second kappa shape index (κ2) is 4.19. The summed E-state index contributed by atoms with van der Waals surface area (Å²) in [7, 11) is 0. The van der Waals surface area contributed by atoms with Gasteiger partial charge in [-0.2, -0.15) is 0 Å². The molecule has 0 fully saturated rings. The quantitative estimate of drug-likeness (QED) is 0.659. The number of pyridine rings is 1. The first-order valence-corrected chi connectivity index (χ1v) is 6.49. The molecule has 0 radical (unpaired) electrons. The molecular weight excluding hydrogens is 238 g/mol. The molecule has 0 unspecified atom stereocenters. The number of ketones is 1. The maximum atomic E-state index is 12.4. The van der Waals surface area contributed by atoms with Crippen LogP contribution in [-0.2, 0) is 6.54 Å². The Morgan fingerprint density at radius 3 is 2.79 bits per heavy atom. The van der Waals surface area contributed by atoms with E-state index < -0.39 is 0 Å². The molecule has 3 rings (SSSR count). The van der Waals surface area contributed by atoms with Gasteiger partial charge in [0.2, 0.25) is 0 Å². The fourth-order valence-electron chi connectivity index (χ4n) is 2.69. The number of hydrogen-bond donors (Lipinski definition) is 0. The van der Waals surface area contributed by atoms with Crippen LogP contribution in [0, 0.1) is 6.92 Å². The van der Waals surface area contributed by atoms with Gasteiger partial charge in [-0.25, -0.2) is 0 Å². The van der Waals surface area contributed by atoms with Crippen LogP contribution in [0.15, 0.2) is 35.1 Å². The van der Waals surface area contributed by atoms with Gasteiger partial charge in [0.1, 0.15) is 0 Å². The molecule has 19 heavy (non-hydrogen) atoms. The maximum Gasteiger partial charge on any atom is 0.254 e. The molecular formula is C16H15NO2. The zero-order valence-corrected chi connectivity index (χ0v) is 11.1. The number of aromatic nitrogens is 1. The molecule has 0 amide bonds. The molecule has 1 aliphatic heterocycles. The summed E-state index contributed by atoms with van der Waals surface area (Å²) in [5, 5.41) is 0. The zero-order chi connectivity index (χ0) is 13.6. The van der Waals surface area contributed by atoms with Crippen molar-refractivity contribution in [2.24, 2.45) is 0 Å². The summed E-state index contributed by atoms with van der Waals surface area (Å²) in [6, 6.07) is 9.83. The van der Waals surface area contributed by atoms with E-state index >= 15 is 0 Å². The first kappa shape index (κ1) is 11.9. The third-order valence-corrected chi connectivity index (χ3v) is 3.79. The van der Waals surface area contributed by atoms with E-state index in [1.54, 1.807) is 11.5 Å². The van der Waals surface area contributed by atoms with Crippen LogP contribution in [0.2, 0.25) is 0 Å². The Kier molecular flexibility index (Phi) is 2.63. The predicted molar refractivity (Wildman–Crippen MR) is 74.6 cm³/mol. The van der Waals surface area contributed by atoms with Crippen LogP contribution in [0.3, 0.4) is 0 Å². The minimum absolute atomic E-state index is 0.0300. The van der Waals surface area contributed by atoms with Crippen LogP contribution in [0.4, 0.5) is 0 Å². The van der Waals surface area contributed by atoms with Crippen molar-refractivity contribution < 1.29 is 4.79 Å². The lowest BCUT2D eigenvalue weighted by atomic mass is 10.0. The third kappa shape index (κ3) is 1.65. The topological polar surface area (TPSA) is 39.1 Å². The summed E-state index contributed by atoms with van der Waals surface area (Å²) in [4.78, 5) is 24.3. The maximum absolute atomic E-state index is 12.4. The highest BCUT2D eigenvalue weighted by Gasteiger charge is 2.22. The van der Waals surface area contributed by atoms with Gasteiger partial charge in [0.05, 0.1) is 12.2 Å². The molecule has 96 valence electrons. The molecule has 3 nitrogen and oxygen atoms in total. The second-order valence-electron chi connectivity index (χ2n) is 4.89. The van der Waals surface area contributed by atoms with E-state index in [0.29, 0.717) is 24.1 Å². The van der Waals surface area contributed by atoms with Crippen LogP contribution in [-0.4, -0.2) is 10.4 Å². The van der Waals surface area contributed by atoms with Crippen molar-refractivity contribution in [3.8, 4) is 11.3 Å². The lowest BCUT2D eigenvalue weighted by Gasteiger charge is -2.09. The van der Waals surface area contributed by atoms with Crippen LogP contribution >= 0.6 is 0 Å². The largest absolute Gasteiger partial charge is 0.304 e. The Morgan fingerprint density at radius 2 is 2.05 bits per heavy atom. The molecule has 1 aromatic carbocycles. The van der Waals surface area contributed by atoms with Crippen molar-refractivity contribution in [2.45, 2.75) is 26.8 Å². The van der Waals surface area contributed by atoms with E-state index in [1.165, 1.54) is 0 Å². The molecule has 0 N–H and O–H groups in total. The number of fused-ring (bicyclic) bond motifs is 3. The number of Topliss-reactive ketones (excluding diaryl/α,β-unsaturated/α-hetero) is 1. The van der Waals surface area contributed by atoms with Crippen molar-refractivity contribution >= 4 is 5.78 Å². The van der Waals surface area contributed by atoms with Gasteiger partial charge in [-0.3, -0.25) is 9.59 Å². The predicted octanol–water partition coefficient (Wildman–Crippen LogP) is 2.78. The van der Waals surface area contributed by atoms with Crippen molar-refractivity contribution in [1.29, 1.82) is 0 Å². The van der Waals surface area contributed by atoms with E-state index in [-0.39, 0.29) is 11.3 Å². The monoisotopic (exact) mass is 253 g/mol. The molecule has 0 saturated carbocycles. The van der Waals surface area contributed by atoms with E-state index in [0.717, 1.165) is 16.8 Å². The molecule has 1 aliphatic rings. The van der Waals surface area contributed by atoms with E-state index in [2.05, 4.69) is 0 Å². The van der Waals surface area contributed by atoms with E-state index in [9.17, 15) is 9.59 Å². The number of hydrogen-bond acceptors (Lipinski definition) is 2. The van der Waals surface area contributed by atoms with Gasteiger partial charge in [-0.05, 0) is 18.6 Å². The lowest BCUT2D eigenvalue weighted by Crippen LogP contribution is -2.24. The van der Waals surface area contributed by atoms with Gasteiger partial charge in [0, 0.05) is 23.1 Å². The number of carbonyl (C=O) groups excluding carboxylic acids is 1. The molecule has 2 heterocycles. The summed E-state index contributed by atoms with van der Waals surface area (Å²) in [5.74, 6) is 0.0300. The van der Waals surface area contributed by atoms with Gasteiger partial charge in [0.25, 0.3) is 5.56 Å². The molecule has 1 aromatic heterocycles. The first-order chi connectivity index (χ1) is 9.13. The van der Waals surface area contributed by atoms with Crippen molar-refractivity contribution in [1.82, 2.24) is 4.57 Å². The highest BCUT2D eigenvalue weighted by Crippen LogP contribution is 2.31. The SMILES string of the molecule is CCC(=O)c1cc2n(c(=O)c1C)Cc1ccccc1-2. The zero-order valence-electron chi connectivity index (χ0n) is 11.1. The Labute approximate surface area is 111 Å². The molecule has 0 saturated heterocycles. The van der Waals surface area contributed by atoms with Gasteiger partial charge < -0.3 is 4.57 Å². The molecule has 2 aromatic rings. The summed E-state index contributed by atoms with van der Waals surface area (Å²) in [6.45, 7) is 4.16. The fourth-order valence-corrected chi connectivity index (χ4v) is 2.69. The Balaban J connectivity index is 2.31. The lowest BCUT2D eigenvalue weighted by molar-refractivity contribution is 0.0987. The highest BCUT2D eigenvalue weighted by atomic mass is 16.1. The number of rotatable bonds is 2. The molecule has 0 spiro atoms. The standard InChI is InChI=1S/C16H15NO2/c1-3-15(18)13-8-14-12-7-5-4-6-11(12)9-17(14)16(19)10(13)2/h4-8H,3,9H2,1-2H3. The minimum Gasteiger partial charge on any atom is -0.304 e. The average molecular weight is 253 g/mol. The molecule has 3 heteroatoms. The van der Waals surface area contributed by atoms with Gasteiger partial charge in [-0.1, -0.05) is 31.2 Å². The number of nitrogens with zero attached hydrogens (tertiary/aromatic N) is 1. The first-order valence-electron chi connectivity index (χ1n) is 6.49. The van der Waals surface area contributed by atoms with Crippen LogP contribution < -0.4 is 5.56 Å². The Morgan fingerprint density at radius 1 is 1.32 bits per heavy atom. The summed E-state index contributed by atoms with van der Waals surface area (Å²) >= 11 is 0. The molecule has 0 aliphatic carbocycles. The smallest absolute Gasteiger partial charge is 0.254 e. The van der Waals surface area contributed by atoms with Crippen molar-refractivity contribution in [3.63, 3.8) is 0 Å². The van der Waals surface area contributed by atoms with Gasteiger partial charge in [-0.15, -0.1) is 0 Å². The summed E-state index contributed by atoms with van der Waals surface area (Å²) < 4.78 is 1.76. The van der Waals surface area contributed by atoms with E-state index in [4.69, 9.17) is 0 Å². The number of carbonyl (C=O) groups is 1. The molecule has 0 bridgehead atoms. The normalized spacial score (nSPS) is 12.1. The summed E-state index contributed by atoms with van der Waals surface area (Å²) in [6.07, 6.45) is 0.422. The van der Waals surface area contributed by atoms with Crippen molar-refractivity contribution in [2.75, 3.05) is 0 Å². The Hall–Kier alpha value is -2.16. The summed E-state index contributed by atoms with van der Waals surface area (Å²) in [5.41, 5.74) is 4.14. The van der Waals surface area contributed by atoms with Crippen molar-refractivity contribution in [3.05, 3.63) is 57.4 Å². The van der Waals surface area contributed by atoms with E-state index in [1.807, 2.05) is 37.3 Å². The third-order valence-electron chi connectivity index (χ3n) is 3.79. The van der Waals surface area contributed by atoms with Gasteiger partial charge >= 0.3 is 0 Å². The van der Waals surface area contributed by atoms with Crippen LogP contribution in [0.5, 0.6) is 0 Å². The fraction of sp³-hybridized carbons (Fsp3) is 0.250. The Bertz CT molecular complexity index is 741. The minimum atomic E-state index is -0.0505. The average Bonchev–Trinajstić information content (AvgIpc) is 2.81. The molecule has 0 atom stereocenters. The second-order valence-corrected chi connectivity index (χ2v) is 4.89. The van der Waals surface area contributed by atoms with Gasteiger partial charge in [0.15, 0.2) is 5.78 Å². The highest BCUT2D eigenvalue weighted by molar-refractivity contribution is 5.98. The van der Waals surface area contributed by atoms with Crippen LogP contribution in [0.25, 0.3) is 11.3 Å².